The molecule has 0 radical (unpaired) electrons. The molecule has 0 saturated carbocycles. The number of nitrogens with one attached hydrogen (secondary N) is 1. The molecular formula is C45H51N5O4. The Hall–Kier alpha value is -4.22. The van der Waals surface area contributed by atoms with Gasteiger partial charge >= 0.3 is 0 Å². The Morgan fingerprint density at radius 3 is 1.72 bits per heavy atom. The normalized spacial score (nSPS) is 29.4. The van der Waals surface area contributed by atoms with E-state index in [1.807, 2.05) is 0 Å². The highest BCUT2D eigenvalue weighted by Gasteiger charge is 2.51. The lowest BCUT2D eigenvalue weighted by Crippen LogP contribution is -2.49. The van der Waals surface area contributed by atoms with Crippen LogP contribution in [0.15, 0.2) is 84.9 Å². The van der Waals surface area contributed by atoms with E-state index in [4.69, 9.17) is 0 Å². The van der Waals surface area contributed by atoms with Crippen LogP contribution in [0.5, 0.6) is 0 Å². The van der Waals surface area contributed by atoms with Gasteiger partial charge in [0, 0.05) is 51.9 Å². The summed E-state index contributed by atoms with van der Waals surface area (Å²) >= 11 is 0. The molecule has 9 nitrogen and oxygen atoms in total. The maximum atomic E-state index is 11.7. The summed E-state index contributed by atoms with van der Waals surface area (Å²) in [4.78, 5) is 0. The van der Waals surface area contributed by atoms with Crippen molar-refractivity contribution in [2.24, 2.45) is 10.8 Å². The summed E-state index contributed by atoms with van der Waals surface area (Å²) in [7, 11) is 0. The molecular weight excluding hydrogens is 675 g/mol. The number of hydrogen-bond acceptors (Lipinski definition) is 7. The van der Waals surface area contributed by atoms with E-state index in [9.17, 15) is 20.6 Å². The molecule has 10 rings (SSSR count). The highest BCUT2D eigenvalue weighted by atomic mass is 16.5. The van der Waals surface area contributed by atoms with Gasteiger partial charge in [0.15, 0.2) is 0 Å². The molecule has 9 heteroatoms. The zero-order chi connectivity index (χ0) is 36.9. The molecule has 5 aromatic rings. The van der Waals surface area contributed by atoms with Crippen LogP contribution in [0.4, 0.5) is 5.69 Å². The number of aliphatic hydroxyl groups excluding tert-OH is 2. The van der Waals surface area contributed by atoms with Gasteiger partial charge in [-0.2, -0.15) is 10.1 Å². The molecule has 0 aliphatic carbocycles. The fourth-order valence-electron chi connectivity index (χ4n) is 11.7. The van der Waals surface area contributed by atoms with Crippen molar-refractivity contribution < 1.29 is 20.6 Å². The van der Waals surface area contributed by atoms with E-state index in [1.54, 1.807) is 10.1 Å². The van der Waals surface area contributed by atoms with E-state index in [1.165, 1.54) is 11.1 Å². The van der Waals surface area contributed by atoms with Crippen molar-refractivity contribution in [3.63, 3.8) is 0 Å². The van der Waals surface area contributed by atoms with Gasteiger partial charge in [0.2, 0.25) is 0 Å². The van der Waals surface area contributed by atoms with E-state index in [0.29, 0.717) is 13.1 Å². The van der Waals surface area contributed by atoms with E-state index < -0.39 is 0 Å². The van der Waals surface area contributed by atoms with Gasteiger partial charge in [-0.25, -0.2) is 0 Å². The largest absolute Gasteiger partial charge is 0.392 e. The third-order valence-electron chi connectivity index (χ3n) is 14.1. The van der Waals surface area contributed by atoms with Crippen LogP contribution in [0.1, 0.15) is 105 Å². The van der Waals surface area contributed by atoms with Crippen LogP contribution in [0.2, 0.25) is 0 Å². The minimum absolute atomic E-state index is 0.0919. The first kappa shape index (κ1) is 34.3. The highest BCUT2D eigenvalue weighted by Crippen LogP contribution is 2.59. The molecule has 2 aromatic heterocycles. The molecule has 2 saturated heterocycles. The van der Waals surface area contributed by atoms with Crippen molar-refractivity contribution in [1.82, 2.24) is 19.3 Å². The standard InChI is InChI=1S/C45H51N5O4/c1-3-44-19-11-21-47(53)42(44)49-35-17-9-6-14-31(35)37(40(49)29(24-44)26-51)33-23-28-13-5-8-16-34(28)46-39(33)38-32-15-7-10-18-36(32)50-41(38)30(27-52)25-45(4-2)20-12-22-48(54)43(45)50/h5-10,13-18,24-25,33,39,42-43,46,51-54H,3-4,11-12,19-23,26-27H2,1-2H3/t33-,39+,42+,43+,44-,45-/m0/s1. The number of benzene rings is 3. The Morgan fingerprint density at radius 2 is 1.17 bits per heavy atom. The maximum absolute atomic E-state index is 11.7. The van der Waals surface area contributed by atoms with Gasteiger partial charge in [-0.05, 0) is 85.4 Å². The number of aliphatic hydroxyl groups is 2. The fourth-order valence-corrected chi connectivity index (χ4v) is 11.7. The van der Waals surface area contributed by atoms with Crippen molar-refractivity contribution in [1.29, 1.82) is 0 Å². The number of para-hydroxylation sites is 3. The Labute approximate surface area is 316 Å². The number of aromatic nitrogens is 2. The summed E-state index contributed by atoms with van der Waals surface area (Å²) in [6.07, 6.45) is 10.1. The summed E-state index contributed by atoms with van der Waals surface area (Å²) in [5.41, 5.74) is 9.88. The first-order valence-corrected chi connectivity index (χ1v) is 20.1. The fraction of sp³-hybridized carbons (Fsp3) is 0.422. The Kier molecular flexibility index (Phi) is 8.04. The van der Waals surface area contributed by atoms with Gasteiger partial charge in [0.05, 0.1) is 41.7 Å². The number of piperidine rings is 2. The second-order valence-corrected chi connectivity index (χ2v) is 16.5. The van der Waals surface area contributed by atoms with E-state index in [2.05, 4.69) is 113 Å². The van der Waals surface area contributed by atoms with Crippen LogP contribution in [-0.2, 0) is 6.42 Å². The molecule has 0 unspecified atom stereocenters. The topological polar surface area (TPSA) is 109 Å². The Bertz CT molecular complexity index is 2190. The number of nitrogens with zero attached hydrogens (tertiary/aromatic N) is 4. The summed E-state index contributed by atoms with van der Waals surface area (Å²) in [5.74, 6) is -0.0919. The average molecular weight is 726 g/mol. The molecule has 0 amide bonds. The van der Waals surface area contributed by atoms with Crippen LogP contribution in [0.3, 0.4) is 0 Å². The van der Waals surface area contributed by atoms with Crippen molar-refractivity contribution in [2.45, 2.75) is 83.1 Å². The first-order valence-electron chi connectivity index (χ1n) is 20.1. The van der Waals surface area contributed by atoms with Crippen LogP contribution in [0, 0.1) is 10.8 Å². The number of rotatable bonds is 6. The van der Waals surface area contributed by atoms with Crippen molar-refractivity contribution >= 4 is 38.6 Å². The van der Waals surface area contributed by atoms with Crippen molar-refractivity contribution in [3.05, 3.63) is 113 Å². The molecule has 7 heterocycles. The third kappa shape index (κ3) is 4.60. The predicted molar refractivity (Wildman–Crippen MR) is 212 cm³/mol. The lowest BCUT2D eigenvalue weighted by atomic mass is 9.70. The number of anilines is 1. The number of hydroxylamine groups is 4. The molecule has 54 heavy (non-hydrogen) atoms. The van der Waals surface area contributed by atoms with Crippen molar-refractivity contribution in [3.8, 4) is 0 Å². The monoisotopic (exact) mass is 725 g/mol. The summed E-state index contributed by atoms with van der Waals surface area (Å²) in [5, 5.41) is 55.4. The smallest absolute Gasteiger partial charge is 0.119 e. The molecule has 2 fully saturated rings. The van der Waals surface area contributed by atoms with Crippen LogP contribution in [0.25, 0.3) is 33.0 Å². The first-order chi connectivity index (χ1) is 26.4. The quantitative estimate of drug-likeness (QED) is 0.119. The zero-order valence-electron chi connectivity index (χ0n) is 31.2. The molecule has 5 aliphatic heterocycles. The lowest BCUT2D eigenvalue weighted by Gasteiger charge is -2.50. The van der Waals surface area contributed by atoms with Gasteiger partial charge in [0.1, 0.15) is 12.3 Å². The van der Waals surface area contributed by atoms with Gasteiger partial charge in [-0.15, -0.1) is 0 Å². The summed E-state index contributed by atoms with van der Waals surface area (Å²) in [6.45, 7) is 5.39. The van der Waals surface area contributed by atoms with E-state index in [-0.39, 0.29) is 48.3 Å². The van der Waals surface area contributed by atoms with E-state index in [0.717, 1.165) is 101 Å². The Balaban J connectivity index is 1.28. The second-order valence-electron chi connectivity index (χ2n) is 16.5. The zero-order valence-corrected chi connectivity index (χ0v) is 31.2. The highest BCUT2D eigenvalue weighted by molar-refractivity contribution is 5.95. The van der Waals surface area contributed by atoms with Crippen LogP contribution < -0.4 is 5.32 Å². The minimum Gasteiger partial charge on any atom is -0.392 e. The van der Waals surface area contributed by atoms with Gasteiger partial charge in [-0.3, -0.25) is 0 Å². The molecule has 0 bridgehead atoms. The number of fused-ring (bicyclic) bond motifs is 11. The lowest BCUT2D eigenvalue weighted by molar-refractivity contribution is -0.203. The SMILES string of the molecule is CC[C@]12C=C(CO)c3c([C@@H]4Cc5ccccc5N[C@H]4c4c5n(c6ccccc46)[C@H]4N(O)CCC[C@@]4(CC)C=C5CO)c4ccccc4n3[C@H]1N(O)CCC2. The molecule has 6 atom stereocenters. The minimum atomic E-state index is -0.316. The summed E-state index contributed by atoms with van der Waals surface area (Å²) < 4.78 is 4.69. The average Bonchev–Trinajstić information content (AvgIpc) is 3.73. The van der Waals surface area contributed by atoms with E-state index >= 15 is 0 Å². The second kappa shape index (κ2) is 12.7. The molecule has 5 aliphatic rings. The van der Waals surface area contributed by atoms with Gasteiger partial charge < -0.3 is 35.1 Å². The van der Waals surface area contributed by atoms with Gasteiger partial charge in [-0.1, -0.05) is 80.6 Å². The third-order valence-corrected chi connectivity index (χ3v) is 14.1. The molecule has 5 N–H and O–H groups in total. The molecule has 3 aromatic carbocycles. The van der Waals surface area contributed by atoms with Gasteiger partial charge in [0.25, 0.3) is 0 Å². The molecule has 0 spiro atoms. The van der Waals surface area contributed by atoms with Crippen LogP contribution >= 0.6 is 0 Å². The number of hydrogen-bond donors (Lipinski definition) is 5. The van der Waals surface area contributed by atoms with Crippen LogP contribution in [-0.4, -0.2) is 66.2 Å². The maximum Gasteiger partial charge on any atom is 0.119 e. The van der Waals surface area contributed by atoms with Crippen molar-refractivity contribution in [2.75, 3.05) is 31.6 Å². The predicted octanol–water partition coefficient (Wildman–Crippen LogP) is 8.63. The molecule has 280 valence electrons. The summed E-state index contributed by atoms with van der Waals surface area (Å²) in [6, 6.07) is 25.5. The Morgan fingerprint density at radius 1 is 0.667 bits per heavy atom.